The Hall–Kier alpha value is -1.51. The van der Waals surface area contributed by atoms with Crippen molar-refractivity contribution in [2.45, 2.75) is 0 Å². The highest BCUT2D eigenvalue weighted by Gasteiger charge is 1.93. The molecule has 0 bridgehead atoms. The first-order valence-electron chi connectivity index (χ1n) is 2.75. The summed E-state index contributed by atoms with van der Waals surface area (Å²) in [5.41, 5.74) is 0.537. The highest BCUT2D eigenvalue weighted by atomic mass is 16.4. The second-order valence-corrected chi connectivity index (χ2v) is 1.72. The number of nitrogens with one attached hydrogen (secondary N) is 1. The molecule has 0 saturated heterocycles. The third kappa shape index (κ3) is 1.78. The number of anilines is 1. The standard InChI is InChI=1S/C7H6NO2/c9-7(10)8-6-4-2-1-3-5-6/h1-2,4-5,8H,(H,9,10). The van der Waals surface area contributed by atoms with Crippen LogP contribution in [0.5, 0.6) is 0 Å². The zero-order valence-corrected chi connectivity index (χ0v) is 5.16. The van der Waals surface area contributed by atoms with Gasteiger partial charge < -0.3 is 5.11 Å². The molecule has 1 radical (unpaired) electrons. The van der Waals surface area contributed by atoms with Gasteiger partial charge in [-0.25, -0.2) is 4.79 Å². The maximum Gasteiger partial charge on any atom is 0.409 e. The highest BCUT2D eigenvalue weighted by molar-refractivity contribution is 5.82. The van der Waals surface area contributed by atoms with Gasteiger partial charge in [0, 0.05) is 5.69 Å². The van der Waals surface area contributed by atoms with Crippen molar-refractivity contribution in [3.05, 3.63) is 30.3 Å². The normalized spacial score (nSPS) is 8.80. The van der Waals surface area contributed by atoms with Crippen molar-refractivity contribution in [3.8, 4) is 0 Å². The van der Waals surface area contributed by atoms with Crippen molar-refractivity contribution in [2.75, 3.05) is 5.32 Å². The third-order valence-corrected chi connectivity index (χ3v) is 0.958. The molecule has 0 heterocycles. The monoisotopic (exact) mass is 136 g/mol. The summed E-state index contributed by atoms with van der Waals surface area (Å²) < 4.78 is 0. The molecule has 3 nitrogen and oxygen atoms in total. The van der Waals surface area contributed by atoms with Gasteiger partial charge in [0.1, 0.15) is 0 Å². The molecule has 0 atom stereocenters. The van der Waals surface area contributed by atoms with Gasteiger partial charge in [-0.3, -0.25) is 5.32 Å². The SMILES string of the molecule is O=C(O)Nc1c[c]ccc1. The van der Waals surface area contributed by atoms with Crippen LogP contribution in [-0.4, -0.2) is 11.2 Å². The summed E-state index contributed by atoms with van der Waals surface area (Å²) >= 11 is 0. The molecule has 0 aliphatic rings. The van der Waals surface area contributed by atoms with Crippen molar-refractivity contribution in [1.29, 1.82) is 0 Å². The smallest absolute Gasteiger partial charge is 0.409 e. The highest BCUT2D eigenvalue weighted by Crippen LogP contribution is 2.02. The molecule has 0 aromatic heterocycles. The van der Waals surface area contributed by atoms with E-state index in [1.807, 2.05) is 0 Å². The average Bonchev–Trinajstić information content (AvgIpc) is 1.88. The van der Waals surface area contributed by atoms with E-state index in [4.69, 9.17) is 5.11 Å². The minimum Gasteiger partial charge on any atom is -0.465 e. The number of amides is 1. The second-order valence-electron chi connectivity index (χ2n) is 1.72. The molecule has 3 heteroatoms. The molecule has 0 aliphatic carbocycles. The molecular formula is C7H6NO2. The van der Waals surface area contributed by atoms with E-state index in [1.165, 1.54) is 0 Å². The third-order valence-electron chi connectivity index (χ3n) is 0.958. The fraction of sp³-hybridized carbons (Fsp3) is 0. The number of carbonyl (C=O) groups is 1. The lowest BCUT2D eigenvalue weighted by Crippen LogP contribution is -2.06. The van der Waals surface area contributed by atoms with E-state index >= 15 is 0 Å². The molecule has 0 aliphatic heterocycles. The number of rotatable bonds is 1. The lowest BCUT2D eigenvalue weighted by atomic mass is 10.3. The Kier molecular flexibility index (Phi) is 1.89. The number of benzene rings is 1. The van der Waals surface area contributed by atoms with E-state index in [-0.39, 0.29) is 0 Å². The number of carboxylic acid groups (broad SMARTS) is 1. The van der Waals surface area contributed by atoms with Crippen molar-refractivity contribution < 1.29 is 9.90 Å². The van der Waals surface area contributed by atoms with Crippen molar-refractivity contribution >= 4 is 11.8 Å². The predicted molar refractivity (Wildman–Crippen MR) is 36.9 cm³/mol. The Labute approximate surface area is 58.3 Å². The Morgan fingerprint density at radius 3 is 3.00 bits per heavy atom. The van der Waals surface area contributed by atoms with Gasteiger partial charge >= 0.3 is 6.09 Å². The van der Waals surface area contributed by atoms with Gasteiger partial charge in [-0.15, -0.1) is 0 Å². The molecule has 0 unspecified atom stereocenters. The topological polar surface area (TPSA) is 49.3 Å². The molecule has 1 aromatic rings. The molecule has 51 valence electrons. The second kappa shape index (κ2) is 2.87. The van der Waals surface area contributed by atoms with E-state index in [9.17, 15) is 4.79 Å². The Balaban J connectivity index is 2.67. The zero-order chi connectivity index (χ0) is 7.40. The molecular weight excluding hydrogens is 130 g/mol. The van der Waals surface area contributed by atoms with Crippen LogP contribution in [0.15, 0.2) is 24.3 Å². The number of hydrogen-bond donors (Lipinski definition) is 2. The van der Waals surface area contributed by atoms with E-state index in [1.54, 1.807) is 24.3 Å². The van der Waals surface area contributed by atoms with Crippen LogP contribution in [0.25, 0.3) is 0 Å². The van der Waals surface area contributed by atoms with Gasteiger partial charge in [0.15, 0.2) is 0 Å². The van der Waals surface area contributed by atoms with E-state index in [0.29, 0.717) is 5.69 Å². The van der Waals surface area contributed by atoms with Crippen molar-refractivity contribution in [1.82, 2.24) is 0 Å². The molecule has 1 amide bonds. The van der Waals surface area contributed by atoms with E-state index in [0.717, 1.165) is 0 Å². The summed E-state index contributed by atoms with van der Waals surface area (Å²) in [5, 5.41) is 10.4. The minimum absolute atomic E-state index is 0.537. The molecule has 1 aromatic carbocycles. The van der Waals surface area contributed by atoms with Crippen LogP contribution in [0.2, 0.25) is 0 Å². The number of hydrogen-bond acceptors (Lipinski definition) is 1. The minimum atomic E-state index is -1.06. The maximum atomic E-state index is 10.0. The molecule has 0 saturated carbocycles. The van der Waals surface area contributed by atoms with Gasteiger partial charge in [0.05, 0.1) is 0 Å². The largest absolute Gasteiger partial charge is 0.465 e. The van der Waals surface area contributed by atoms with Crippen LogP contribution in [0.3, 0.4) is 0 Å². The van der Waals surface area contributed by atoms with Crippen LogP contribution in [0.4, 0.5) is 10.5 Å². The molecule has 10 heavy (non-hydrogen) atoms. The fourth-order valence-corrected chi connectivity index (χ4v) is 0.595. The summed E-state index contributed by atoms with van der Waals surface area (Å²) in [7, 11) is 0. The Morgan fingerprint density at radius 1 is 1.70 bits per heavy atom. The van der Waals surface area contributed by atoms with Crippen LogP contribution in [0.1, 0.15) is 0 Å². The van der Waals surface area contributed by atoms with Crippen LogP contribution in [0, 0.1) is 6.07 Å². The van der Waals surface area contributed by atoms with Crippen LogP contribution in [-0.2, 0) is 0 Å². The van der Waals surface area contributed by atoms with Crippen molar-refractivity contribution in [2.24, 2.45) is 0 Å². The van der Waals surface area contributed by atoms with Gasteiger partial charge in [-0.1, -0.05) is 12.1 Å². The first kappa shape index (κ1) is 6.61. The molecule has 2 N–H and O–H groups in total. The summed E-state index contributed by atoms with van der Waals surface area (Å²) in [6, 6.07) is 9.38. The van der Waals surface area contributed by atoms with Gasteiger partial charge in [-0.05, 0) is 18.2 Å². The summed E-state index contributed by atoms with van der Waals surface area (Å²) in [6.07, 6.45) is -1.06. The first-order valence-corrected chi connectivity index (χ1v) is 2.75. The van der Waals surface area contributed by atoms with E-state index in [2.05, 4.69) is 11.4 Å². The van der Waals surface area contributed by atoms with E-state index < -0.39 is 6.09 Å². The maximum absolute atomic E-state index is 10.0. The van der Waals surface area contributed by atoms with Gasteiger partial charge in [-0.2, -0.15) is 0 Å². The quantitative estimate of drug-likeness (QED) is 0.615. The van der Waals surface area contributed by atoms with Gasteiger partial charge in [0.2, 0.25) is 0 Å². The Morgan fingerprint density at radius 2 is 2.50 bits per heavy atom. The van der Waals surface area contributed by atoms with Crippen molar-refractivity contribution in [3.63, 3.8) is 0 Å². The van der Waals surface area contributed by atoms with Crippen LogP contribution >= 0.6 is 0 Å². The lowest BCUT2D eigenvalue weighted by Gasteiger charge is -1.96. The molecule has 0 spiro atoms. The molecule has 0 fully saturated rings. The van der Waals surface area contributed by atoms with Crippen LogP contribution < -0.4 is 5.32 Å². The Bertz CT molecular complexity index is 220. The average molecular weight is 136 g/mol. The predicted octanol–water partition coefficient (Wildman–Crippen LogP) is 1.58. The zero-order valence-electron chi connectivity index (χ0n) is 5.16. The summed E-state index contributed by atoms with van der Waals surface area (Å²) in [5.74, 6) is 0. The first-order chi connectivity index (χ1) is 4.79. The summed E-state index contributed by atoms with van der Waals surface area (Å²) in [6.45, 7) is 0. The molecule has 1 rings (SSSR count). The fourth-order valence-electron chi connectivity index (χ4n) is 0.595. The lowest BCUT2D eigenvalue weighted by molar-refractivity contribution is 0.210. The van der Waals surface area contributed by atoms with Gasteiger partial charge in [0.25, 0.3) is 0 Å². The summed E-state index contributed by atoms with van der Waals surface area (Å²) in [4.78, 5) is 10.0.